The average Bonchev–Trinajstić information content (AvgIpc) is 3.77. The maximum Gasteiger partial charge on any atom is 0.274 e. The minimum Gasteiger partial charge on any atom is -0.337 e. The summed E-state index contributed by atoms with van der Waals surface area (Å²) in [6, 6.07) is 8.92. The Bertz CT molecular complexity index is 2340. The summed E-state index contributed by atoms with van der Waals surface area (Å²) in [5, 5.41) is 15.4. The highest BCUT2D eigenvalue weighted by Crippen LogP contribution is 2.40. The number of aromatic amines is 2. The van der Waals surface area contributed by atoms with Gasteiger partial charge in [0.2, 0.25) is 10.0 Å². The smallest absolute Gasteiger partial charge is 0.274 e. The zero-order chi connectivity index (χ0) is 40.3. The standard InChI is InChI=1S/C41H46Cl2F2N8O4S/c42-33-7-6-27(44)18-31(33)25-8-14-51(15-9-25)40(54)39-32-21-53(17-12-35(32)46-49-39)58(56,57)23-26-20-52(16-11-28(26)29-2-1-3-34(45)37(29)43)41(55)38-30-10-13-50(19-24-4-5-24)22-36(30)47-48-38/h1-3,6-7,18,24-26,28H,4-5,8-17,19-23H2,(H,46,49)(H,47,48). The first-order valence-electron chi connectivity index (χ1n) is 20.2. The van der Waals surface area contributed by atoms with Gasteiger partial charge in [0.05, 0.1) is 16.5 Å². The fourth-order valence-electron chi connectivity index (χ4n) is 9.56. The molecular formula is C41H46Cl2F2N8O4S. The average molecular weight is 856 g/mol. The number of hydrogen-bond donors (Lipinski definition) is 2. The van der Waals surface area contributed by atoms with Gasteiger partial charge in [-0.05, 0) is 97.6 Å². The molecule has 17 heteroatoms. The minimum atomic E-state index is -3.99. The zero-order valence-corrected chi connectivity index (χ0v) is 34.4. The van der Waals surface area contributed by atoms with Crippen LogP contribution in [0.5, 0.6) is 0 Å². The predicted octanol–water partition coefficient (Wildman–Crippen LogP) is 6.14. The van der Waals surface area contributed by atoms with Crippen LogP contribution in [0.1, 0.15) is 98.6 Å². The summed E-state index contributed by atoms with van der Waals surface area (Å²) in [7, 11) is -3.99. The molecule has 0 radical (unpaired) electrons. The number of carbonyl (C=O) groups excluding carboxylic acids is 2. The molecule has 4 aromatic rings. The van der Waals surface area contributed by atoms with Crippen molar-refractivity contribution >= 4 is 45.0 Å². The third-order valence-corrected chi connectivity index (χ3v) is 15.6. The van der Waals surface area contributed by atoms with Gasteiger partial charge >= 0.3 is 0 Å². The number of likely N-dealkylation sites (tertiary alicyclic amines) is 2. The highest BCUT2D eigenvalue weighted by molar-refractivity contribution is 7.89. The van der Waals surface area contributed by atoms with Crippen LogP contribution in [0.2, 0.25) is 10.0 Å². The molecule has 58 heavy (non-hydrogen) atoms. The van der Waals surface area contributed by atoms with Crippen LogP contribution in [0.25, 0.3) is 0 Å². The molecule has 2 aromatic heterocycles. The number of fused-ring (bicyclic) bond motifs is 2. The van der Waals surface area contributed by atoms with Crippen molar-refractivity contribution < 1.29 is 26.8 Å². The third-order valence-electron chi connectivity index (χ3n) is 12.9. The molecule has 9 rings (SSSR count). The van der Waals surface area contributed by atoms with Crippen LogP contribution in [0.4, 0.5) is 8.78 Å². The van der Waals surface area contributed by atoms with Gasteiger partial charge in [-0.15, -0.1) is 0 Å². The normalized spacial score (nSPS) is 22.2. The first-order chi connectivity index (χ1) is 27.9. The first-order valence-corrected chi connectivity index (χ1v) is 22.6. The molecule has 0 bridgehead atoms. The van der Waals surface area contributed by atoms with Crippen molar-refractivity contribution in [1.29, 1.82) is 0 Å². The number of nitrogens with zero attached hydrogens (tertiary/aromatic N) is 6. The lowest BCUT2D eigenvalue weighted by Crippen LogP contribution is -2.48. The summed E-state index contributed by atoms with van der Waals surface area (Å²) >= 11 is 12.9. The molecule has 0 spiro atoms. The summed E-state index contributed by atoms with van der Waals surface area (Å²) in [4.78, 5) is 33.8. The van der Waals surface area contributed by atoms with Crippen LogP contribution in [0.3, 0.4) is 0 Å². The summed E-state index contributed by atoms with van der Waals surface area (Å²) in [6.07, 6.45) is 5.18. The van der Waals surface area contributed by atoms with Gasteiger partial charge in [0.25, 0.3) is 11.8 Å². The topological polar surface area (TPSA) is 139 Å². The van der Waals surface area contributed by atoms with Gasteiger partial charge in [0, 0.05) is 87.2 Å². The lowest BCUT2D eigenvalue weighted by atomic mass is 9.81. The molecule has 2 aromatic carbocycles. The van der Waals surface area contributed by atoms with Crippen LogP contribution in [-0.4, -0.2) is 111 Å². The summed E-state index contributed by atoms with van der Waals surface area (Å²) < 4.78 is 59.1. The van der Waals surface area contributed by atoms with E-state index in [0.29, 0.717) is 79.3 Å². The van der Waals surface area contributed by atoms with Crippen LogP contribution in [-0.2, 0) is 36.0 Å². The fourth-order valence-corrected chi connectivity index (χ4v) is 11.9. The molecule has 1 aliphatic carbocycles. The highest BCUT2D eigenvalue weighted by atomic mass is 35.5. The van der Waals surface area contributed by atoms with Gasteiger partial charge in [0.15, 0.2) is 11.4 Å². The molecular weight excluding hydrogens is 809 g/mol. The SMILES string of the molecule is O=C(c1n[nH]c2c1CN(S(=O)(=O)CC1CN(C(=O)c3n[nH]c4c3CCN(CC3CC3)C4)CCC1c1cccc(F)c1Cl)CC2)N1CCC(c2cc(F)ccc2Cl)CC1. The summed E-state index contributed by atoms with van der Waals surface area (Å²) in [5.41, 5.74) is 4.96. The van der Waals surface area contributed by atoms with Crippen molar-refractivity contribution in [2.45, 2.75) is 69.9 Å². The van der Waals surface area contributed by atoms with E-state index in [-0.39, 0.29) is 59.7 Å². The number of benzene rings is 2. The molecule has 4 aliphatic heterocycles. The Morgan fingerprint density at radius 3 is 2.29 bits per heavy atom. The monoisotopic (exact) mass is 854 g/mol. The number of sulfonamides is 1. The van der Waals surface area contributed by atoms with Crippen molar-refractivity contribution in [2.75, 3.05) is 51.6 Å². The Morgan fingerprint density at radius 1 is 0.793 bits per heavy atom. The first kappa shape index (κ1) is 39.6. The lowest BCUT2D eigenvalue weighted by molar-refractivity contribution is 0.0653. The van der Waals surface area contributed by atoms with Crippen molar-refractivity contribution in [3.05, 3.63) is 103 Å². The zero-order valence-electron chi connectivity index (χ0n) is 32.0. The van der Waals surface area contributed by atoms with E-state index in [1.54, 1.807) is 28.0 Å². The summed E-state index contributed by atoms with van der Waals surface area (Å²) in [5.74, 6) is -2.06. The largest absolute Gasteiger partial charge is 0.337 e. The van der Waals surface area contributed by atoms with Gasteiger partial charge in [0.1, 0.15) is 11.6 Å². The number of rotatable bonds is 9. The van der Waals surface area contributed by atoms with Crippen molar-refractivity contribution in [1.82, 2.24) is 39.4 Å². The lowest BCUT2D eigenvalue weighted by Gasteiger charge is -2.40. The van der Waals surface area contributed by atoms with Crippen LogP contribution >= 0.6 is 23.2 Å². The molecule has 2 saturated heterocycles. The number of H-pyrrole nitrogens is 2. The molecule has 2 N–H and O–H groups in total. The molecule has 2 atom stereocenters. The molecule has 2 unspecified atom stereocenters. The maximum absolute atomic E-state index is 14.8. The minimum absolute atomic E-state index is 0.00488. The molecule has 5 aliphatic rings. The van der Waals surface area contributed by atoms with E-state index in [0.717, 1.165) is 42.4 Å². The Morgan fingerprint density at radius 2 is 1.52 bits per heavy atom. The fraction of sp³-hybridized carbons (Fsp3) is 0.512. The number of aromatic nitrogens is 4. The van der Waals surface area contributed by atoms with Crippen LogP contribution in [0.15, 0.2) is 36.4 Å². The van der Waals surface area contributed by atoms with E-state index in [9.17, 15) is 26.8 Å². The molecule has 12 nitrogen and oxygen atoms in total. The van der Waals surface area contributed by atoms with E-state index in [1.807, 2.05) is 0 Å². The maximum atomic E-state index is 14.8. The Hall–Kier alpha value is -3.89. The van der Waals surface area contributed by atoms with Gasteiger partial charge in [-0.2, -0.15) is 14.5 Å². The van der Waals surface area contributed by atoms with Gasteiger partial charge in [-0.3, -0.25) is 24.7 Å². The highest BCUT2D eigenvalue weighted by Gasteiger charge is 2.41. The van der Waals surface area contributed by atoms with E-state index in [2.05, 4.69) is 25.3 Å². The Kier molecular flexibility index (Phi) is 10.9. The molecule has 6 heterocycles. The Balaban J connectivity index is 0.910. The number of nitrogens with one attached hydrogen (secondary N) is 2. The second-order valence-corrected chi connectivity index (χ2v) is 19.4. The third kappa shape index (κ3) is 7.80. The Labute approximate surface area is 346 Å². The molecule has 1 saturated carbocycles. The van der Waals surface area contributed by atoms with Crippen molar-refractivity contribution in [3.63, 3.8) is 0 Å². The van der Waals surface area contributed by atoms with E-state index in [4.69, 9.17) is 23.2 Å². The number of piperidine rings is 2. The molecule has 2 amide bonds. The summed E-state index contributed by atoms with van der Waals surface area (Å²) in [6.45, 7) is 4.07. The van der Waals surface area contributed by atoms with E-state index >= 15 is 0 Å². The van der Waals surface area contributed by atoms with Gasteiger partial charge < -0.3 is 9.80 Å². The van der Waals surface area contributed by atoms with Crippen LogP contribution in [0, 0.1) is 23.5 Å². The number of amides is 2. The molecule has 308 valence electrons. The second-order valence-electron chi connectivity index (χ2n) is 16.6. The van der Waals surface area contributed by atoms with Crippen molar-refractivity contribution in [2.24, 2.45) is 11.8 Å². The number of carbonyl (C=O) groups is 2. The number of halogens is 4. The van der Waals surface area contributed by atoms with Crippen LogP contribution < -0.4 is 0 Å². The van der Waals surface area contributed by atoms with E-state index in [1.165, 1.54) is 35.3 Å². The van der Waals surface area contributed by atoms with Gasteiger partial charge in [-0.1, -0.05) is 35.3 Å². The van der Waals surface area contributed by atoms with Crippen molar-refractivity contribution in [3.8, 4) is 0 Å². The van der Waals surface area contributed by atoms with Gasteiger partial charge in [-0.25, -0.2) is 17.2 Å². The quantitative estimate of drug-likeness (QED) is 0.206. The predicted molar refractivity (Wildman–Crippen MR) is 214 cm³/mol. The van der Waals surface area contributed by atoms with E-state index < -0.39 is 27.7 Å². The molecule has 3 fully saturated rings. The number of hydrogen-bond acceptors (Lipinski definition) is 7. The second kappa shape index (κ2) is 15.9.